The van der Waals surface area contributed by atoms with Gasteiger partial charge in [0.15, 0.2) is 11.5 Å². The van der Waals surface area contributed by atoms with Gasteiger partial charge in [-0.1, -0.05) is 6.07 Å². The first-order valence-corrected chi connectivity index (χ1v) is 9.81. The summed E-state index contributed by atoms with van der Waals surface area (Å²) in [6, 6.07) is 8.85. The molecule has 7 nitrogen and oxygen atoms in total. The average molecular weight is 400 g/mol. The molecule has 0 aliphatic heterocycles. The molecule has 0 radical (unpaired) electrons. The summed E-state index contributed by atoms with van der Waals surface area (Å²) in [6.45, 7) is 9.11. The molecule has 0 aliphatic carbocycles. The van der Waals surface area contributed by atoms with E-state index in [1.165, 1.54) is 6.07 Å². The number of amides is 1. The predicted octanol–water partition coefficient (Wildman–Crippen LogP) is 3.34. The number of carbonyl (C=O) groups is 2. The first kappa shape index (κ1) is 22.2. The third kappa shape index (κ3) is 6.20. The van der Waals surface area contributed by atoms with Gasteiger partial charge in [0.2, 0.25) is 0 Å². The topological polar surface area (TPSA) is 86.8 Å². The van der Waals surface area contributed by atoms with Crippen molar-refractivity contribution in [2.24, 2.45) is 0 Å². The molecule has 1 heterocycles. The van der Waals surface area contributed by atoms with Crippen molar-refractivity contribution >= 4 is 11.9 Å². The molecule has 0 bridgehead atoms. The third-order valence-corrected chi connectivity index (χ3v) is 4.12. The maximum absolute atomic E-state index is 12.4. The highest BCUT2D eigenvalue weighted by Gasteiger charge is 2.14. The number of hydrogen-bond donors (Lipinski definition) is 1. The second-order valence-electron chi connectivity index (χ2n) is 6.20. The van der Waals surface area contributed by atoms with E-state index in [0.717, 1.165) is 5.56 Å². The largest absolute Gasteiger partial charge is 0.490 e. The SMILES string of the molecule is CCOC(=O)c1ccc(C(=O)NCCc2ccc(OCC)c(OCC)c2)nc1C. The molecular weight excluding hydrogens is 372 g/mol. The van der Waals surface area contributed by atoms with Crippen molar-refractivity contribution in [1.82, 2.24) is 10.3 Å². The lowest BCUT2D eigenvalue weighted by Crippen LogP contribution is -2.27. The van der Waals surface area contributed by atoms with E-state index < -0.39 is 5.97 Å². The van der Waals surface area contributed by atoms with Crippen LogP contribution in [0.3, 0.4) is 0 Å². The minimum absolute atomic E-state index is 0.261. The number of nitrogens with zero attached hydrogens (tertiary/aromatic N) is 1. The van der Waals surface area contributed by atoms with E-state index in [1.54, 1.807) is 19.9 Å². The van der Waals surface area contributed by atoms with Gasteiger partial charge < -0.3 is 19.5 Å². The van der Waals surface area contributed by atoms with E-state index in [1.807, 2.05) is 32.0 Å². The molecule has 2 rings (SSSR count). The summed E-state index contributed by atoms with van der Waals surface area (Å²) in [5.74, 6) is 0.679. The van der Waals surface area contributed by atoms with Gasteiger partial charge in [-0.2, -0.15) is 0 Å². The minimum atomic E-state index is -0.440. The zero-order valence-corrected chi connectivity index (χ0v) is 17.4. The summed E-state index contributed by atoms with van der Waals surface area (Å²) in [6.07, 6.45) is 0.637. The van der Waals surface area contributed by atoms with Gasteiger partial charge in [-0.25, -0.2) is 9.78 Å². The molecule has 1 amide bonds. The van der Waals surface area contributed by atoms with Crippen LogP contribution in [0, 0.1) is 6.92 Å². The molecule has 0 fully saturated rings. The summed E-state index contributed by atoms with van der Waals surface area (Å²) in [5, 5.41) is 2.85. The first-order valence-electron chi connectivity index (χ1n) is 9.81. The van der Waals surface area contributed by atoms with E-state index in [9.17, 15) is 9.59 Å². The van der Waals surface area contributed by atoms with Gasteiger partial charge in [-0.15, -0.1) is 0 Å². The average Bonchev–Trinajstić information content (AvgIpc) is 2.70. The van der Waals surface area contributed by atoms with Gasteiger partial charge in [0.05, 0.1) is 31.1 Å². The minimum Gasteiger partial charge on any atom is -0.490 e. The monoisotopic (exact) mass is 400 g/mol. The summed E-state index contributed by atoms with van der Waals surface area (Å²) >= 11 is 0. The molecule has 156 valence electrons. The number of aromatic nitrogens is 1. The zero-order valence-electron chi connectivity index (χ0n) is 17.4. The highest BCUT2D eigenvalue weighted by Crippen LogP contribution is 2.28. The Morgan fingerprint density at radius 2 is 1.69 bits per heavy atom. The second-order valence-corrected chi connectivity index (χ2v) is 6.20. The number of pyridine rings is 1. The fourth-order valence-electron chi connectivity index (χ4n) is 2.77. The molecular formula is C22H28N2O5. The quantitative estimate of drug-likeness (QED) is 0.616. The molecule has 1 aromatic carbocycles. The van der Waals surface area contributed by atoms with E-state index in [0.29, 0.717) is 48.9 Å². The maximum Gasteiger partial charge on any atom is 0.339 e. The zero-order chi connectivity index (χ0) is 21.2. The number of esters is 1. The van der Waals surface area contributed by atoms with Crippen LogP contribution in [-0.2, 0) is 11.2 Å². The number of carbonyl (C=O) groups excluding carboxylic acids is 2. The third-order valence-electron chi connectivity index (χ3n) is 4.12. The van der Waals surface area contributed by atoms with Crippen molar-refractivity contribution in [2.45, 2.75) is 34.1 Å². The molecule has 0 aliphatic rings. The van der Waals surface area contributed by atoms with Gasteiger partial charge in [-0.05, 0) is 63.9 Å². The standard InChI is InChI=1S/C22H28N2O5/c1-5-27-19-11-8-16(14-20(19)28-6-2)12-13-23-21(25)18-10-9-17(15(4)24-18)22(26)29-7-3/h8-11,14H,5-7,12-13H2,1-4H3,(H,23,25). The van der Waals surface area contributed by atoms with Crippen molar-refractivity contribution in [1.29, 1.82) is 0 Å². The van der Waals surface area contributed by atoms with Gasteiger partial charge in [0, 0.05) is 6.54 Å². The first-order chi connectivity index (χ1) is 14.0. The Hall–Kier alpha value is -3.09. The molecule has 2 aromatic rings. The van der Waals surface area contributed by atoms with Gasteiger partial charge >= 0.3 is 5.97 Å². The van der Waals surface area contributed by atoms with Crippen molar-refractivity contribution in [3.63, 3.8) is 0 Å². The van der Waals surface area contributed by atoms with Gasteiger partial charge in [-0.3, -0.25) is 4.79 Å². The Bertz CT molecular complexity index is 851. The lowest BCUT2D eigenvalue weighted by Gasteiger charge is -2.13. The Balaban J connectivity index is 1.96. The highest BCUT2D eigenvalue weighted by molar-refractivity contribution is 5.95. The van der Waals surface area contributed by atoms with Gasteiger partial charge in [0.1, 0.15) is 5.69 Å². The van der Waals surface area contributed by atoms with Crippen molar-refractivity contribution in [3.05, 3.63) is 52.8 Å². The van der Waals surface area contributed by atoms with Crippen LogP contribution in [0.25, 0.3) is 0 Å². The van der Waals surface area contributed by atoms with Crippen LogP contribution in [-0.4, -0.2) is 43.2 Å². The summed E-state index contributed by atoms with van der Waals surface area (Å²) in [4.78, 5) is 28.4. The fourth-order valence-corrected chi connectivity index (χ4v) is 2.77. The normalized spacial score (nSPS) is 10.3. The predicted molar refractivity (Wildman–Crippen MR) is 110 cm³/mol. The molecule has 0 unspecified atom stereocenters. The molecule has 0 spiro atoms. The number of rotatable bonds is 10. The van der Waals surface area contributed by atoms with E-state index in [2.05, 4.69) is 10.3 Å². The summed E-state index contributed by atoms with van der Waals surface area (Å²) in [7, 11) is 0. The molecule has 7 heteroatoms. The van der Waals surface area contributed by atoms with Gasteiger partial charge in [0.25, 0.3) is 5.91 Å². The lowest BCUT2D eigenvalue weighted by atomic mass is 10.1. The smallest absolute Gasteiger partial charge is 0.339 e. The Labute approximate surface area is 171 Å². The molecule has 29 heavy (non-hydrogen) atoms. The Morgan fingerprint density at radius 1 is 0.966 bits per heavy atom. The van der Waals surface area contributed by atoms with Crippen LogP contribution in [0.15, 0.2) is 30.3 Å². The van der Waals surface area contributed by atoms with E-state index >= 15 is 0 Å². The van der Waals surface area contributed by atoms with Crippen LogP contribution < -0.4 is 14.8 Å². The van der Waals surface area contributed by atoms with Crippen molar-refractivity contribution < 1.29 is 23.8 Å². The molecule has 0 saturated carbocycles. The van der Waals surface area contributed by atoms with Crippen LogP contribution in [0.4, 0.5) is 0 Å². The Kier molecular flexibility index (Phi) is 8.45. The second kappa shape index (κ2) is 11.0. The maximum atomic E-state index is 12.4. The fraction of sp³-hybridized carbons (Fsp3) is 0.409. The van der Waals surface area contributed by atoms with Crippen molar-refractivity contribution in [3.8, 4) is 11.5 Å². The number of benzene rings is 1. The Morgan fingerprint density at radius 3 is 2.34 bits per heavy atom. The van der Waals surface area contributed by atoms with E-state index in [-0.39, 0.29) is 18.2 Å². The number of aryl methyl sites for hydroxylation is 1. The van der Waals surface area contributed by atoms with Crippen LogP contribution >= 0.6 is 0 Å². The molecule has 0 atom stereocenters. The molecule has 0 saturated heterocycles. The van der Waals surface area contributed by atoms with Crippen molar-refractivity contribution in [2.75, 3.05) is 26.4 Å². The molecule has 1 aromatic heterocycles. The van der Waals surface area contributed by atoms with E-state index in [4.69, 9.17) is 14.2 Å². The highest BCUT2D eigenvalue weighted by atomic mass is 16.5. The number of hydrogen-bond acceptors (Lipinski definition) is 6. The van der Waals surface area contributed by atoms with Crippen LogP contribution in [0.5, 0.6) is 11.5 Å². The lowest BCUT2D eigenvalue weighted by molar-refractivity contribution is 0.0524. The number of nitrogens with one attached hydrogen (secondary N) is 1. The summed E-state index contributed by atoms with van der Waals surface area (Å²) < 4.78 is 16.2. The van der Waals surface area contributed by atoms with Crippen LogP contribution in [0.2, 0.25) is 0 Å². The molecule has 1 N–H and O–H groups in total. The van der Waals surface area contributed by atoms with Crippen LogP contribution in [0.1, 0.15) is 52.9 Å². The number of ether oxygens (including phenoxy) is 3. The summed E-state index contributed by atoms with van der Waals surface area (Å²) in [5.41, 5.74) is 2.11.